The zero-order valence-electron chi connectivity index (χ0n) is 15.5. The average molecular weight is 369 g/mol. The fourth-order valence-corrected chi connectivity index (χ4v) is 4.27. The van der Waals surface area contributed by atoms with Gasteiger partial charge in [0.05, 0.1) is 22.4 Å². The number of benzene rings is 2. The largest absolute Gasteiger partial charge is 0.493 e. The monoisotopic (exact) mass is 368 g/mol. The van der Waals surface area contributed by atoms with E-state index in [1.54, 1.807) is 11.8 Å². The van der Waals surface area contributed by atoms with Crippen LogP contribution < -0.4 is 16.2 Å². The molecule has 0 radical (unpaired) electrons. The van der Waals surface area contributed by atoms with Crippen LogP contribution in [0.4, 0.5) is 11.8 Å². The van der Waals surface area contributed by atoms with E-state index >= 15 is 0 Å². The third-order valence-corrected chi connectivity index (χ3v) is 5.22. The quantitative estimate of drug-likeness (QED) is 0.697. The van der Waals surface area contributed by atoms with Crippen molar-refractivity contribution in [3.8, 4) is 5.75 Å². The highest BCUT2D eigenvalue weighted by atomic mass is 32.2. The van der Waals surface area contributed by atoms with Gasteiger partial charge in [0.15, 0.2) is 0 Å². The van der Waals surface area contributed by atoms with Gasteiger partial charge in [-0.2, -0.15) is 4.98 Å². The van der Waals surface area contributed by atoms with Crippen LogP contribution in [-0.2, 0) is 5.41 Å². The second-order valence-corrected chi connectivity index (χ2v) is 8.09. The van der Waals surface area contributed by atoms with E-state index in [2.05, 4.69) is 48.9 Å². The summed E-state index contributed by atoms with van der Waals surface area (Å²) in [5.74, 6) is 1.31. The lowest BCUT2D eigenvalue weighted by Gasteiger charge is -2.23. The molecule has 1 aromatic heterocycles. The molecule has 0 atom stereocenters. The number of rotatable bonds is 4. The molecule has 3 aromatic rings. The Morgan fingerprint density at radius 2 is 1.77 bits per heavy atom. The second-order valence-electron chi connectivity index (χ2n) is 7.04. The van der Waals surface area contributed by atoms with Gasteiger partial charge in [0, 0.05) is 4.90 Å². The van der Waals surface area contributed by atoms with Gasteiger partial charge >= 0.3 is 0 Å². The van der Waals surface area contributed by atoms with E-state index in [4.69, 9.17) is 16.2 Å². The smallest absolute Gasteiger partial charge is 0.222 e. The Bertz CT molecular complexity index is 950. The maximum absolute atomic E-state index is 6.20. The summed E-state index contributed by atoms with van der Waals surface area (Å²) in [5, 5.41) is 0.777. The molecule has 0 saturated heterocycles. The molecule has 0 saturated carbocycles. The van der Waals surface area contributed by atoms with Crippen molar-refractivity contribution in [2.75, 3.05) is 18.1 Å². The van der Waals surface area contributed by atoms with Gasteiger partial charge < -0.3 is 16.2 Å². The van der Waals surface area contributed by atoms with Crippen molar-refractivity contribution in [3.63, 3.8) is 0 Å². The summed E-state index contributed by atoms with van der Waals surface area (Å²) in [5.41, 5.74) is 14.0. The number of aromatic nitrogens is 2. The van der Waals surface area contributed by atoms with E-state index in [-0.39, 0.29) is 11.4 Å². The molecule has 0 aliphatic rings. The number of hydrogen-bond donors (Lipinski definition) is 2. The maximum atomic E-state index is 6.20. The van der Waals surface area contributed by atoms with Crippen LogP contribution in [0.3, 0.4) is 0 Å². The summed E-state index contributed by atoms with van der Waals surface area (Å²) in [6.07, 6.45) is 0. The van der Waals surface area contributed by atoms with Gasteiger partial charge in [0.2, 0.25) is 5.95 Å². The van der Waals surface area contributed by atoms with Crippen molar-refractivity contribution in [2.45, 2.75) is 42.9 Å². The standard InChI is InChI=1S/C20H24N4OS/c1-5-25-14-11-10-13-16(18(21)24-19(22)23-13)17(14)26-15-9-7-6-8-12(15)20(2,3)4/h6-11H,5H2,1-4H3,(H4,21,22,23,24). The first kappa shape index (κ1) is 18.3. The normalized spacial score (nSPS) is 11.7. The lowest BCUT2D eigenvalue weighted by atomic mass is 9.87. The summed E-state index contributed by atoms with van der Waals surface area (Å²) in [6.45, 7) is 9.14. The maximum Gasteiger partial charge on any atom is 0.222 e. The molecule has 136 valence electrons. The zero-order valence-corrected chi connectivity index (χ0v) is 16.4. The number of anilines is 2. The van der Waals surface area contributed by atoms with E-state index in [0.29, 0.717) is 17.9 Å². The second kappa shape index (κ2) is 7.03. The highest BCUT2D eigenvalue weighted by Crippen LogP contribution is 2.44. The predicted molar refractivity (Wildman–Crippen MR) is 109 cm³/mol. The van der Waals surface area contributed by atoms with Gasteiger partial charge in [-0.1, -0.05) is 50.7 Å². The van der Waals surface area contributed by atoms with Crippen molar-refractivity contribution in [2.24, 2.45) is 0 Å². The van der Waals surface area contributed by atoms with Crippen LogP contribution >= 0.6 is 11.8 Å². The van der Waals surface area contributed by atoms with Crippen LogP contribution in [0, 0.1) is 0 Å². The summed E-state index contributed by atoms with van der Waals surface area (Å²) < 4.78 is 5.86. The minimum Gasteiger partial charge on any atom is -0.493 e. The van der Waals surface area contributed by atoms with Crippen molar-refractivity contribution in [3.05, 3.63) is 42.0 Å². The number of nitrogens with two attached hydrogens (primary N) is 2. The first-order valence-electron chi connectivity index (χ1n) is 8.57. The molecule has 0 bridgehead atoms. The van der Waals surface area contributed by atoms with Crippen LogP contribution in [0.1, 0.15) is 33.3 Å². The molecule has 0 amide bonds. The van der Waals surface area contributed by atoms with Crippen LogP contribution in [0.5, 0.6) is 5.75 Å². The molecule has 0 spiro atoms. The minimum absolute atomic E-state index is 0.0203. The van der Waals surface area contributed by atoms with Gasteiger partial charge in [-0.3, -0.25) is 0 Å². The first-order chi connectivity index (χ1) is 12.3. The highest BCUT2D eigenvalue weighted by molar-refractivity contribution is 7.99. The van der Waals surface area contributed by atoms with E-state index in [1.165, 1.54) is 5.56 Å². The van der Waals surface area contributed by atoms with Gasteiger partial charge in [-0.05, 0) is 36.1 Å². The fraction of sp³-hybridized carbons (Fsp3) is 0.300. The van der Waals surface area contributed by atoms with Crippen LogP contribution in [0.25, 0.3) is 10.9 Å². The molecule has 4 N–H and O–H groups in total. The SMILES string of the molecule is CCOc1ccc2nc(N)nc(N)c2c1Sc1ccccc1C(C)(C)C. The fourth-order valence-electron chi connectivity index (χ4n) is 2.88. The van der Waals surface area contributed by atoms with Gasteiger partial charge in [-0.15, -0.1) is 0 Å². The molecule has 1 heterocycles. The minimum atomic E-state index is 0.0203. The number of nitrogen functional groups attached to an aromatic ring is 2. The molecule has 0 aliphatic carbocycles. The molecule has 5 nitrogen and oxygen atoms in total. The summed E-state index contributed by atoms with van der Waals surface area (Å²) >= 11 is 1.63. The van der Waals surface area contributed by atoms with Crippen molar-refractivity contribution < 1.29 is 4.74 Å². The molecule has 0 unspecified atom stereocenters. The Balaban J connectivity index is 2.23. The van der Waals surface area contributed by atoms with E-state index in [1.807, 2.05) is 25.1 Å². The lowest BCUT2D eigenvalue weighted by molar-refractivity contribution is 0.333. The Morgan fingerprint density at radius 1 is 1.04 bits per heavy atom. The highest BCUT2D eigenvalue weighted by Gasteiger charge is 2.21. The third-order valence-electron chi connectivity index (χ3n) is 4.03. The third kappa shape index (κ3) is 3.55. The van der Waals surface area contributed by atoms with E-state index < -0.39 is 0 Å². The van der Waals surface area contributed by atoms with Gasteiger partial charge in [0.25, 0.3) is 0 Å². The number of hydrogen-bond acceptors (Lipinski definition) is 6. The number of ether oxygens (including phenoxy) is 1. The van der Waals surface area contributed by atoms with Gasteiger partial charge in [-0.25, -0.2) is 4.98 Å². The summed E-state index contributed by atoms with van der Waals surface area (Å²) in [4.78, 5) is 10.6. The van der Waals surface area contributed by atoms with E-state index in [9.17, 15) is 0 Å². The Labute approximate surface area is 158 Å². The predicted octanol–water partition coefficient (Wildman–Crippen LogP) is 4.64. The molecule has 0 fully saturated rings. The molecule has 6 heteroatoms. The molecule has 0 aliphatic heterocycles. The number of nitrogens with zero attached hydrogens (tertiary/aromatic N) is 2. The topological polar surface area (TPSA) is 87.0 Å². The Hall–Kier alpha value is -2.47. The average Bonchev–Trinajstić information content (AvgIpc) is 2.56. The Morgan fingerprint density at radius 3 is 2.46 bits per heavy atom. The number of fused-ring (bicyclic) bond motifs is 1. The van der Waals surface area contributed by atoms with Crippen molar-refractivity contribution >= 4 is 34.4 Å². The van der Waals surface area contributed by atoms with E-state index in [0.717, 1.165) is 20.9 Å². The first-order valence-corrected chi connectivity index (χ1v) is 9.38. The molecule has 26 heavy (non-hydrogen) atoms. The zero-order chi connectivity index (χ0) is 18.9. The molecular formula is C20H24N4OS. The summed E-state index contributed by atoms with van der Waals surface area (Å²) in [6, 6.07) is 12.2. The molecular weight excluding hydrogens is 344 g/mol. The van der Waals surface area contributed by atoms with Crippen LogP contribution in [-0.4, -0.2) is 16.6 Å². The van der Waals surface area contributed by atoms with Crippen molar-refractivity contribution in [1.29, 1.82) is 0 Å². The lowest BCUT2D eigenvalue weighted by Crippen LogP contribution is -2.12. The molecule has 2 aromatic carbocycles. The van der Waals surface area contributed by atoms with Crippen LogP contribution in [0.2, 0.25) is 0 Å². The van der Waals surface area contributed by atoms with Crippen molar-refractivity contribution in [1.82, 2.24) is 9.97 Å². The summed E-state index contributed by atoms with van der Waals surface area (Å²) in [7, 11) is 0. The van der Waals surface area contributed by atoms with Crippen LogP contribution in [0.15, 0.2) is 46.2 Å². The molecule has 3 rings (SSSR count). The van der Waals surface area contributed by atoms with Gasteiger partial charge in [0.1, 0.15) is 11.6 Å². The Kier molecular flexibility index (Phi) is 4.96.